The molecule has 17 heavy (non-hydrogen) atoms. The van der Waals surface area contributed by atoms with E-state index >= 15 is 0 Å². The van der Waals surface area contributed by atoms with E-state index in [-0.39, 0.29) is 0 Å². The van der Waals surface area contributed by atoms with E-state index in [1.54, 1.807) is 6.08 Å². The molecule has 0 aromatic carbocycles. The lowest BCUT2D eigenvalue weighted by molar-refractivity contribution is -0.107. The minimum Gasteiger partial charge on any atom is -0.377 e. The molecule has 2 heteroatoms. The Morgan fingerprint density at radius 1 is 0.824 bits per heavy atom. The first-order valence-electron chi connectivity index (χ1n) is 7.04. The van der Waals surface area contributed by atoms with Crippen molar-refractivity contribution < 1.29 is 9.53 Å². The van der Waals surface area contributed by atoms with E-state index in [4.69, 9.17) is 4.74 Å². The van der Waals surface area contributed by atoms with Crippen molar-refractivity contribution in [3.63, 3.8) is 0 Å². The molecular formula is C15H28O2. The highest BCUT2D eigenvalue weighted by atomic mass is 16.5. The Labute approximate surface area is 106 Å². The fraction of sp³-hybridized carbons (Fsp3) is 0.800. The van der Waals surface area contributed by atoms with E-state index in [0.29, 0.717) is 6.61 Å². The van der Waals surface area contributed by atoms with Crippen LogP contribution in [-0.4, -0.2) is 19.5 Å². The molecule has 0 aromatic rings. The average Bonchev–Trinajstić information content (AvgIpc) is 2.35. The molecule has 0 bridgehead atoms. The Morgan fingerprint density at radius 3 is 1.88 bits per heavy atom. The first kappa shape index (κ1) is 16.4. The van der Waals surface area contributed by atoms with Gasteiger partial charge in [-0.15, -0.1) is 6.58 Å². The van der Waals surface area contributed by atoms with Gasteiger partial charge in [0, 0.05) is 13.0 Å². The van der Waals surface area contributed by atoms with Crippen molar-refractivity contribution in [3.8, 4) is 0 Å². The smallest absolute Gasteiger partial charge is 0.119 e. The van der Waals surface area contributed by atoms with E-state index in [1.807, 2.05) is 0 Å². The molecule has 0 fully saturated rings. The van der Waals surface area contributed by atoms with Crippen LogP contribution in [0.15, 0.2) is 12.7 Å². The Balaban J connectivity index is 2.89. The maximum atomic E-state index is 10.1. The van der Waals surface area contributed by atoms with Crippen LogP contribution < -0.4 is 0 Å². The highest BCUT2D eigenvalue weighted by molar-refractivity contribution is 5.48. The number of unbranched alkanes of at least 4 members (excludes halogenated alkanes) is 9. The number of ether oxygens (including phenoxy) is 1. The number of rotatable bonds is 14. The minimum atomic E-state index is 0.681. The second-order valence-electron chi connectivity index (χ2n) is 4.50. The summed E-state index contributed by atoms with van der Waals surface area (Å²) in [5.41, 5.74) is 0. The molecule has 0 aromatic heterocycles. The van der Waals surface area contributed by atoms with Crippen molar-refractivity contribution in [2.24, 2.45) is 0 Å². The van der Waals surface area contributed by atoms with Crippen molar-refractivity contribution in [2.75, 3.05) is 13.2 Å². The summed E-state index contributed by atoms with van der Waals surface area (Å²) in [6.07, 6.45) is 14.9. The maximum absolute atomic E-state index is 10.1. The van der Waals surface area contributed by atoms with Crippen LogP contribution in [0.3, 0.4) is 0 Å². The highest BCUT2D eigenvalue weighted by Gasteiger charge is 1.93. The zero-order chi connectivity index (χ0) is 12.6. The highest BCUT2D eigenvalue weighted by Crippen LogP contribution is 2.10. The molecule has 0 spiro atoms. The van der Waals surface area contributed by atoms with Crippen LogP contribution in [-0.2, 0) is 9.53 Å². The SMILES string of the molecule is C=CCOCCCCCCCCCCCC=O. The number of carbonyl (C=O) groups is 1. The summed E-state index contributed by atoms with van der Waals surface area (Å²) in [5.74, 6) is 0. The molecule has 0 heterocycles. The van der Waals surface area contributed by atoms with Crippen LogP contribution in [0.25, 0.3) is 0 Å². The Kier molecular flexibility index (Phi) is 14.8. The van der Waals surface area contributed by atoms with Gasteiger partial charge in [0.2, 0.25) is 0 Å². The maximum Gasteiger partial charge on any atom is 0.119 e. The molecule has 0 aliphatic heterocycles. The second-order valence-corrected chi connectivity index (χ2v) is 4.50. The molecule has 100 valence electrons. The van der Waals surface area contributed by atoms with Crippen molar-refractivity contribution in [2.45, 2.75) is 64.2 Å². The Morgan fingerprint density at radius 2 is 1.35 bits per heavy atom. The van der Waals surface area contributed by atoms with E-state index in [2.05, 4.69) is 6.58 Å². The van der Waals surface area contributed by atoms with Crippen LogP contribution in [0.5, 0.6) is 0 Å². The van der Waals surface area contributed by atoms with Crippen molar-refractivity contribution >= 4 is 6.29 Å². The Hall–Kier alpha value is -0.630. The number of hydrogen-bond acceptors (Lipinski definition) is 2. The number of hydrogen-bond donors (Lipinski definition) is 0. The summed E-state index contributed by atoms with van der Waals surface area (Å²) in [6.45, 7) is 5.16. The quantitative estimate of drug-likeness (QED) is 0.257. The molecule has 0 saturated heterocycles. The molecule has 0 aliphatic carbocycles. The predicted molar refractivity (Wildman–Crippen MR) is 73.3 cm³/mol. The van der Waals surface area contributed by atoms with E-state index in [0.717, 1.165) is 25.7 Å². The lowest BCUT2D eigenvalue weighted by Crippen LogP contribution is -1.93. The minimum absolute atomic E-state index is 0.681. The zero-order valence-electron chi connectivity index (χ0n) is 11.2. The standard InChI is InChI=1S/C15H28O2/c1-2-14-17-15-12-10-8-6-4-3-5-7-9-11-13-16/h2,13H,1,3-12,14-15H2. The topological polar surface area (TPSA) is 26.3 Å². The van der Waals surface area contributed by atoms with Crippen LogP contribution in [0.2, 0.25) is 0 Å². The molecule has 0 unspecified atom stereocenters. The van der Waals surface area contributed by atoms with Crippen LogP contribution in [0.1, 0.15) is 64.2 Å². The summed E-state index contributed by atoms with van der Waals surface area (Å²) in [4.78, 5) is 10.1. The molecule has 0 amide bonds. The van der Waals surface area contributed by atoms with Gasteiger partial charge in [-0.25, -0.2) is 0 Å². The molecule has 0 N–H and O–H groups in total. The van der Waals surface area contributed by atoms with Gasteiger partial charge in [0.15, 0.2) is 0 Å². The summed E-state index contributed by atoms with van der Waals surface area (Å²) < 4.78 is 5.32. The van der Waals surface area contributed by atoms with Gasteiger partial charge >= 0.3 is 0 Å². The summed E-state index contributed by atoms with van der Waals surface area (Å²) >= 11 is 0. The van der Waals surface area contributed by atoms with Crippen LogP contribution >= 0.6 is 0 Å². The summed E-state index contributed by atoms with van der Waals surface area (Å²) in [6, 6.07) is 0. The van der Waals surface area contributed by atoms with E-state index in [1.165, 1.54) is 51.4 Å². The molecule has 2 nitrogen and oxygen atoms in total. The molecule has 0 saturated carbocycles. The molecule has 0 atom stereocenters. The van der Waals surface area contributed by atoms with Gasteiger partial charge < -0.3 is 9.53 Å². The van der Waals surface area contributed by atoms with Gasteiger partial charge in [-0.2, -0.15) is 0 Å². The summed E-state index contributed by atoms with van der Waals surface area (Å²) in [7, 11) is 0. The van der Waals surface area contributed by atoms with Crippen molar-refractivity contribution in [3.05, 3.63) is 12.7 Å². The van der Waals surface area contributed by atoms with Crippen molar-refractivity contribution in [1.82, 2.24) is 0 Å². The van der Waals surface area contributed by atoms with E-state index < -0.39 is 0 Å². The van der Waals surface area contributed by atoms with Gasteiger partial charge in [-0.3, -0.25) is 0 Å². The lowest BCUT2D eigenvalue weighted by atomic mass is 10.1. The van der Waals surface area contributed by atoms with Gasteiger partial charge in [0.05, 0.1) is 6.61 Å². The molecular weight excluding hydrogens is 212 g/mol. The zero-order valence-corrected chi connectivity index (χ0v) is 11.2. The molecule has 0 rings (SSSR count). The number of carbonyl (C=O) groups excluding carboxylic acids is 1. The summed E-state index contributed by atoms with van der Waals surface area (Å²) in [5, 5.41) is 0. The third kappa shape index (κ3) is 15.4. The fourth-order valence-electron chi connectivity index (χ4n) is 1.84. The largest absolute Gasteiger partial charge is 0.377 e. The normalized spacial score (nSPS) is 10.4. The predicted octanol–water partition coefficient (Wildman–Crippen LogP) is 4.29. The monoisotopic (exact) mass is 240 g/mol. The first-order valence-corrected chi connectivity index (χ1v) is 7.04. The van der Waals surface area contributed by atoms with Crippen molar-refractivity contribution in [1.29, 1.82) is 0 Å². The second kappa shape index (κ2) is 15.4. The lowest BCUT2D eigenvalue weighted by Gasteiger charge is -2.02. The third-order valence-electron chi connectivity index (χ3n) is 2.85. The van der Waals surface area contributed by atoms with E-state index in [9.17, 15) is 4.79 Å². The molecule has 0 aliphatic rings. The average molecular weight is 240 g/mol. The van der Waals surface area contributed by atoms with Gasteiger partial charge in [-0.1, -0.05) is 51.0 Å². The van der Waals surface area contributed by atoms with Gasteiger partial charge in [0.25, 0.3) is 0 Å². The third-order valence-corrected chi connectivity index (χ3v) is 2.85. The van der Waals surface area contributed by atoms with Gasteiger partial charge in [0.1, 0.15) is 6.29 Å². The fourth-order valence-corrected chi connectivity index (χ4v) is 1.84. The molecule has 0 radical (unpaired) electrons. The van der Waals surface area contributed by atoms with Crippen LogP contribution in [0, 0.1) is 0 Å². The number of aldehydes is 1. The Bertz CT molecular complexity index is 148. The van der Waals surface area contributed by atoms with Gasteiger partial charge in [-0.05, 0) is 12.8 Å². The first-order chi connectivity index (χ1) is 8.41. The van der Waals surface area contributed by atoms with Crippen LogP contribution in [0.4, 0.5) is 0 Å².